The van der Waals surface area contributed by atoms with Crippen molar-refractivity contribution in [3.05, 3.63) is 53.0 Å². The summed E-state index contributed by atoms with van der Waals surface area (Å²) in [7, 11) is -2.67. The molecule has 0 aliphatic heterocycles. The number of halogens is 3. The summed E-state index contributed by atoms with van der Waals surface area (Å²) in [6.45, 7) is 0. The van der Waals surface area contributed by atoms with Gasteiger partial charge in [-0.1, -0.05) is 12.1 Å². The number of benzene rings is 1. The van der Waals surface area contributed by atoms with Crippen molar-refractivity contribution in [2.24, 2.45) is 12.8 Å². The third kappa shape index (κ3) is 4.59. The van der Waals surface area contributed by atoms with E-state index in [1.807, 2.05) is 0 Å². The number of anilines is 1. The van der Waals surface area contributed by atoms with E-state index in [1.54, 1.807) is 29.6 Å². The number of carbonyl (C=O) groups excluding carboxylic acids is 1. The summed E-state index contributed by atoms with van der Waals surface area (Å²) in [5.74, 6) is -0.416. The first kappa shape index (κ1) is 22.9. The highest BCUT2D eigenvalue weighted by molar-refractivity contribution is 7.94. The van der Waals surface area contributed by atoms with E-state index in [0.29, 0.717) is 22.0 Å². The highest BCUT2D eigenvalue weighted by Crippen LogP contribution is 2.35. The molecule has 0 saturated carbocycles. The molecule has 1 amide bonds. The average Bonchev–Trinajstić information content (AvgIpc) is 3.44. The minimum Gasteiger partial charge on any atom is -0.370 e. The Morgan fingerprint density at radius 1 is 1.27 bits per heavy atom. The number of aromatic amines is 1. The lowest BCUT2D eigenvalue weighted by Gasteiger charge is -2.07. The minimum atomic E-state index is -4.56. The quantitative estimate of drug-likeness (QED) is 0.359. The SMILES string of the molecule is Cn1nc(-c2ccc3[nH]c(NS(=O)(=O)c4cccs4)c(CCC(N)=O)c3c2)cc1C(F)(F)F. The fourth-order valence-corrected chi connectivity index (χ4v) is 5.52. The number of sulfonamides is 1. The number of hydrogen-bond donors (Lipinski definition) is 3. The van der Waals surface area contributed by atoms with Crippen LogP contribution in [-0.2, 0) is 34.5 Å². The first-order chi connectivity index (χ1) is 15.5. The summed E-state index contributed by atoms with van der Waals surface area (Å²) in [6.07, 6.45) is -4.48. The number of primary amides is 1. The number of fused-ring (bicyclic) bond motifs is 1. The number of hydrogen-bond acceptors (Lipinski definition) is 5. The van der Waals surface area contributed by atoms with Crippen molar-refractivity contribution in [3.63, 3.8) is 0 Å². The van der Waals surface area contributed by atoms with Gasteiger partial charge in [0.1, 0.15) is 15.7 Å². The van der Waals surface area contributed by atoms with E-state index in [4.69, 9.17) is 5.73 Å². The maximum Gasteiger partial charge on any atom is 0.433 e. The van der Waals surface area contributed by atoms with Crippen LogP contribution in [0, 0.1) is 0 Å². The molecule has 4 N–H and O–H groups in total. The van der Waals surface area contributed by atoms with E-state index in [-0.39, 0.29) is 28.6 Å². The highest BCUT2D eigenvalue weighted by Gasteiger charge is 2.35. The number of nitrogens with one attached hydrogen (secondary N) is 2. The summed E-state index contributed by atoms with van der Waals surface area (Å²) >= 11 is 1.04. The molecule has 0 bridgehead atoms. The van der Waals surface area contributed by atoms with Crippen LogP contribution >= 0.6 is 11.3 Å². The minimum absolute atomic E-state index is 0.0489. The second kappa shape index (κ2) is 8.23. The summed E-state index contributed by atoms with van der Waals surface area (Å²) in [5, 5.41) is 6.13. The second-order valence-electron chi connectivity index (χ2n) is 7.28. The van der Waals surface area contributed by atoms with Gasteiger partial charge in [0.15, 0.2) is 0 Å². The third-order valence-electron chi connectivity index (χ3n) is 4.99. The van der Waals surface area contributed by atoms with Crippen LogP contribution in [0.1, 0.15) is 17.7 Å². The predicted octanol–water partition coefficient (Wildman–Crippen LogP) is 3.87. The van der Waals surface area contributed by atoms with Crippen LogP contribution in [0.4, 0.5) is 19.0 Å². The van der Waals surface area contributed by atoms with E-state index in [1.165, 1.54) is 13.1 Å². The number of nitrogens with two attached hydrogens (primary N) is 1. The van der Waals surface area contributed by atoms with Gasteiger partial charge in [-0.25, -0.2) is 8.42 Å². The molecule has 33 heavy (non-hydrogen) atoms. The van der Waals surface area contributed by atoms with Crippen LogP contribution in [0.2, 0.25) is 0 Å². The zero-order chi connectivity index (χ0) is 24.0. The molecule has 174 valence electrons. The van der Waals surface area contributed by atoms with Crippen LogP contribution in [0.3, 0.4) is 0 Å². The van der Waals surface area contributed by atoms with Crippen LogP contribution in [0.5, 0.6) is 0 Å². The van der Waals surface area contributed by atoms with E-state index >= 15 is 0 Å². The number of alkyl halides is 3. The fourth-order valence-electron chi connectivity index (χ4n) is 3.48. The van der Waals surface area contributed by atoms with Gasteiger partial charge < -0.3 is 10.7 Å². The molecule has 13 heteroatoms. The number of amides is 1. The molecule has 0 saturated heterocycles. The van der Waals surface area contributed by atoms with Crippen LogP contribution in [-0.4, -0.2) is 29.1 Å². The molecular formula is C20H18F3N5O3S2. The normalized spacial score (nSPS) is 12.4. The Bertz CT molecular complexity index is 1440. The molecule has 3 heterocycles. The Morgan fingerprint density at radius 3 is 2.64 bits per heavy atom. The van der Waals surface area contributed by atoms with E-state index in [2.05, 4.69) is 14.8 Å². The summed E-state index contributed by atoms with van der Waals surface area (Å²) in [6, 6.07) is 8.80. The van der Waals surface area contributed by atoms with E-state index < -0.39 is 27.8 Å². The van der Waals surface area contributed by atoms with Gasteiger partial charge in [-0.2, -0.15) is 18.3 Å². The number of thiophene rings is 1. The van der Waals surface area contributed by atoms with Gasteiger partial charge in [0.25, 0.3) is 10.0 Å². The molecule has 1 aromatic carbocycles. The Balaban J connectivity index is 1.80. The van der Waals surface area contributed by atoms with Crippen molar-refractivity contribution in [1.29, 1.82) is 0 Å². The lowest BCUT2D eigenvalue weighted by molar-refractivity contribution is -0.143. The van der Waals surface area contributed by atoms with Crippen molar-refractivity contribution >= 4 is 44.0 Å². The Morgan fingerprint density at radius 2 is 2.03 bits per heavy atom. The average molecular weight is 498 g/mol. The smallest absolute Gasteiger partial charge is 0.370 e. The predicted molar refractivity (Wildman–Crippen MR) is 118 cm³/mol. The molecular weight excluding hydrogens is 479 g/mol. The zero-order valence-electron chi connectivity index (χ0n) is 17.1. The first-order valence-electron chi connectivity index (χ1n) is 9.56. The van der Waals surface area contributed by atoms with Crippen LogP contribution < -0.4 is 10.5 Å². The molecule has 4 aromatic rings. The fraction of sp³-hybridized carbons (Fsp3) is 0.200. The molecule has 0 unspecified atom stereocenters. The molecule has 0 aliphatic rings. The van der Waals surface area contributed by atoms with Gasteiger partial charge in [-0.3, -0.25) is 14.2 Å². The molecule has 0 spiro atoms. The van der Waals surface area contributed by atoms with Crippen LogP contribution in [0.15, 0.2) is 46.0 Å². The van der Waals surface area contributed by atoms with Gasteiger partial charge in [-0.05, 0) is 36.1 Å². The van der Waals surface area contributed by atoms with E-state index in [9.17, 15) is 26.4 Å². The molecule has 0 radical (unpaired) electrons. The van der Waals surface area contributed by atoms with E-state index in [0.717, 1.165) is 22.1 Å². The number of aromatic nitrogens is 3. The highest BCUT2D eigenvalue weighted by atomic mass is 32.2. The number of nitrogens with zero attached hydrogens (tertiary/aromatic N) is 2. The maximum absolute atomic E-state index is 13.2. The Hall–Kier alpha value is -3.32. The van der Waals surface area contributed by atoms with Gasteiger partial charge in [0.05, 0.1) is 5.69 Å². The number of carbonyl (C=O) groups is 1. The lowest BCUT2D eigenvalue weighted by Crippen LogP contribution is -2.14. The van der Waals surface area contributed by atoms with Crippen molar-refractivity contribution in [1.82, 2.24) is 14.8 Å². The summed E-state index contributed by atoms with van der Waals surface area (Å²) in [5.41, 5.74) is 5.90. The molecule has 3 aromatic heterocycles. The van der Waals surface area contributed by atoms with Gasteiger partial charge in [-0.15, -0.1) is 11.3 Å². The monoisotopic (exact) mass is 497 g/mol. The van der Waals surface area contributed by atoms with Crippen molar-refractivity contribution in [3.8, 4) is 11.3 Å². The lowest BCUT2D eigenvalue weighted by atomic mass is 10.0. The zero-order valence-corrected chi connectivity index (χ0v) is 18.7. The van der Waals surface area contributed by atoms with Crippen molar-refractivity contribution in [2.75, 3.05) is 4.72 Å². The Kier molecular flexibility index (Phi) is 5.70. The largest absolute Gasteiger partial charge is 0.433 e. The van der Waals surface area contributed by atoms with Gasteiger partial charge in [0.2, 0.25) is 5.91 Å². The van der Waals surface area contributed by atoms with Crippen molar-refractivity contribution < 1.29 is 26.4 Å². The van der Waals surface area contributed by atoms with Crippen molar-refractivity contribution in [2.45, 2.75) is 23.2 Å². The summed E-state index contributed by atoms with van der Waals surface area (Å²) in [4.78, 5) is 14.4. The molecule has 8 nitrogen and oxygen atoms in total. The maximum atomic E-state index is 13.2. The molecule has 4 rings (SSSR count). The Labute approximate surface area is 190 Å². The van der Waals surface area contributed by atoms with Gasteiger partial charge in [0, 0.05) is 35.5 Å². The third-order valence-corrected chi connectivity index (χ3v) is 7.74. The first-order valence-corrected chi connectivity index (χ1v) is 11.9. The standard InChI is InChI=1S/C20H18F3N5O3S2/c1-28-16(20(21,22)23)10-15(26-28)11-4-6-14-13(9-11)12(5-7-17(24)29)19(25-14)27-33(30,31)18-3-2-8-32-18/h2-4,6,8-10,25,27H,5,7H2,1H3,(H2,24,29). The van der Waals surface area contributed by atoms with Crippen LogP contribution in [0.25, 0.3) is 22.2 Å². The molecule has 0 aliphatic carbocycles. The second-order valence-corrected chi connectivity index (χ2v) is 10.1. The molecule has 0 fully saturated rings. The number of rotatable bonds is 7. The molecule has 0 atom stereocenters. The number of H-pyrrole nitrogens is 1. The topological polar surface area (TPSA) is 123 Å². The number of aryl methyl sites for hydroxylation is 2. The van der Waals surface area contributed by atoms with Gasteiger partial charge >= 0.3 is 6.18 Å². The summed E-state index contributed by atoms with van der Waals surface area (Å²) < 4.78 is 68.3.